The number of rotatable bonds is 11. The predicted octanol–water partition coefficient (Wildman–Crippen LogP) is 9.72. The number of hydrogen-bond donors (Lipinski definition) is 0. The number of hydrogen-bond acceptors (Lipinski definition) is 6. The van der Waals surface area contributed by atoms with E-state index < -0.39 is 15.8 Å². The van der Waals surface area contributed by atoms with Crippen molar-refractivity contribution in [1.82, 2.24) is 9.97 Å². The van der Waals surface area contributed by atoms with Crippen LogP contribution in [0.3, 0.4) is 0 Å². The minimum atomic E-state index is -0.477. The third-order valence-corrected chi connectivity index (χ3v) is 18.4. The van der Waals surface area contributed by atoms with Gasteiger partial charge in [-0.05, 0) is 84.6 Å². The van der Waals surface area contributed by atoms with Gasteiger partial charge in [0.25, 0.3) is 0 Å². The van der Waals surface area contributed by atoms with Crippen molar-refractivity contribution in [3.8, 4) is 34.6 Å². The van der Waals surface area contributed by atoms with Crippen molar-refractivity contribution in [3.05, 3.63) is 12.1 Å². The lowest BCUT2D eigenvalue weighted by molar-refractivity contribution is 0.362. The monoisotopic (exact) mass is 668 g/mol. The largest absolute Gasteiger partial charge is 0.481 e. The molecule has 4 fully saturated rings. The number of ether oxygens (including phenoxy) is 4. The number of nitrogens with zero attached hydrogens (tertiary/aromatic N) is 2. The van der Waals surface area contributed by atoms with Crippen LogP contribution in [0.1, 0.15) is 128 Å². The summed E-state index contributed by atoms with van der Waals surface area (Å²) in [6, 6.07) is 4.62. The molecule has 4 aliphatic rings. The van der Waals surface area contributed by atoms with Gasteiger partial charge in [0.2, 0.25) is 23.5 Å². The Labute approximate surface area is 281 Å². The molecule has 4 aliphatic carbocycles. The van der Waals surface area contributed by atoms with E-state index in [0.717, 1.165) is 33.8 Å². The molecular weight excluding hydrogens is 610 g/mol. The lowest BCUT2D eigenvalue weighted by Gasteiger charge is -2.41. The van der Waals surface area contributed by atoms with Gasteiger partial charge in [-0.3, -0.25) is 0 Å². The average Bonchev–Trinajstić information content (AvgIpc) is 3.13. The summed E-state index contributed by atoms with van der Waals surface area (Å²) in [6.07, 6.45) is 26.9. The average molecular weight is 669 g/mol. The van der Waals surface area contributed by atoms with E-state index in [1.165, 1.54) is 139 Å². The summed E-state index contributed by atoms with van der Waals surface area (Å²) >= 11 is 0. The van der Waals surface area contributed by atoms with E-state index in [-0.39, 0.29) is 0 Å². The summed E-state index contributed by atoms with van der Waals surface area (Å²) in [5.41, 5.74) is 5.18. The number of methoxy groups -OCH3 is 4. The summed E-state index contributed by atoms with van der Waals surface area (Å²) in [7, 11) is 6.12. The highest BCUT2D eigenvalue weighted by atomic mass is 31.1. The number of pyridine rings is 2. The van der Waals surface area contributed by atoms with Gasteiger partial charge in [0.15, 0.2) is 0 Å². The van der Waals surface area contributed by atoms with Crippen molar-refractivity contribution in [1.29, 1.82) is 0 Å². The van der Waals surface area contributed by atoms with Crippen molar-refractivity contribution < 1.29 is 18.9 Å². The maximum atomic E-state index is 6.30. The molecule has 0 aliphatic heterocycles. The molecule has 4 saturated carbocycles. The van der Waals surface area contributed by atoms with Gasteiger partial charge in [-0.2, -0.15) is 9.97 Å². The molecule has 2 aromatic rings. The molecule has 0 spiro atoms. The second-order valence-corrected chi connectivity index (χ2v) is 19.6. The molecule has 0 amide bonds. The van der Waals surface area contributed by atoms with Crippen LogP contribution in [0.2, 0.25) is 0 Å². The molecule has 254 valence electrons. The third kappa shape index (κ3) is 7.49. The van der Waals surface area contributed by atoms with Crippen LogP contribution in [0.5, 0.6) is 23.5 Å². The van der Waals surface area contributed by atoms with Crippen LogP contribution in [0.15, 0.2) is 12.1 Å². The van der Waals surface area contributed by atoms with Gasteiger partial charge in [-0.25, -0.2) is 0 Å². The van der Waals surface area contributed by atoms with Crippen LogP contribution in [-0.2, 0) is 0 Å². The van der Waals surface area contributed by atoms with E-state index in [1.54, 1.807) is 28.4 Å². The molecule has 0 aromatic carbocycles. The molecule has 8 heteroatoms. The molecule has 0 radical (unpaired) electrons. The van der Waals surface area contributed by atoms with Crippen molar-refractivity contribution in [3.63, 3.8) is 0 Å². The first-order chi connectivity index (χ1) is 22.7. The Hall–Kier alpha value is -1.64. The maximum absolute atomic E-state index is 6.30. The van der Waals surface area contributed by atoms with Crippen molar-refractivity contribution in [2.24, 2.45) is 0 Å². The van der Waals surface area contributed by atoms with Crippen LogP contribution < -0.4 is 29.6 Å². The van der Waals surface area contributed by atoms with Gasteiger partial charge in [0, 0.05) is 12.1 Å². The fourth-order valence-electron chi connectivity index (χ4n) is 9.18. The summed E-state index contributed by atoms with van der Waals surface area (Å²) < 4.78 is 24.5. The van der Waals surface area contributed by atoms with Crippen molar-refractivity contribution in [2.75, 3.05) is 28.4 Å². The van der Waals surface area contributed by atoms with Crippen molar-refractivity contribution >= 4 is 26.5 Å². The Kier molecular flexibility index (Phi) is 12.4. The third-order valence-electron chi connectivity index (χ3n) is 11.4. The highest BCUT2D eigenvalue weighted by molar-refractivity contribution is 7.68. The van der Waals surface area contributed by atoms with E-state index in [4.69, 9.17) is 28.9 Å². The van der Waals surface area contributed by atoms with Gasteiger partial charge in [-0.15, -0.1) is 0 Å². The number of aromatic nitrogens is 2. The molecule has 0 unspecified atom stereocenters. The maximum Gasteiger partial charge on any atom is 0.225 e. The summed E-state index contributed by atoms with van der Waals surface area (Å²) in [6.45, 7) is 0. The van der Waals surface area contributed by atoms with Gasteiger partial charge in [-0.1, -0.05) is 92.9 Å². The molecule has 0 saturated heterocycles. The molecule has 6 nitrogen and oxygen atoms in total. The lowest BCUT2D eigenvalue weighted by Crippen LogP contribution is -2.30. The predicted molar refractivity (Wildman–Crippen MR) is 194 cm³/mol. The minimum Gasteiger partial charge on any atom is -0.481 e. The van der Waals surface area contributed by atoms with Crippen LogP contribution in [-0.4, -0.2) is 61.0 Å². The van der Waals surface area contributed by atoms with E-state index in [1.807, 2.05) is 0 Å². The first-order valence-corrected chi connectivity index (χ1v) is 21.5. The molecule has 2 heterocycles. The van der Waals surface area contributed by atoms with Gasteiger partial charge in [0.1, 0.15) is 0 Å². The molecular formula is C38H58N2O4P2. The van der Waals surface area contributed by atoms with Crippen LogP contribution >= 0.6 is 15.8 Å². The highest BCUT2D eigenvalue weighted by Gasteiger charge is 2.40. The van der Waals surface area contributed by atoms with Crippen molar-refractivity contribution in [2.45, 2.75) is 151 Å². The first-order valence-electron chi connectivity index (χ1n) is 18.5. The van der Waals surface area contributed by atoms with Gasteiger partial charge < -0.3 is 18.9 Å². The zero-order valence-corrected chi connectivity index (χ0v) is 30.8. The minimum absolute atomic E-state index is 0.477. The van der Waals surface area contributed by atoms with Gasteiger partial charge >= 0.3 is 0 Å². The summed E-state index contributed by atoms with van der Waals surface area (Å²) in [5, 5.41) is 2.84. The molecule has 0 N–H and O–H groups in total. The zero-order chi connectivity index (χ0) is 31.9. The first kappa shape index (κ1) is 34.2. The molecule has 46 heavy (non-hydrogen) atoms. The quantitative estimate of drug-likeness (QED) is 0.222. The fraction of sp³-hybridized carbons (Fsp3) is 0.737. The summed E-state index contributed by atoms with van der Waals surface area (Å²) in [5.74, 6) is 2.67. The highest BCUT2D eigenvalue weighted by Crippen LogP contribution is 2.60. The molecule has 0 atom stereocenters. The standard InChI is InChI=1S/C38H58N2O4P2/c1-41-33-25-31(45(27-17-9-5-10-18-27)28-19-11-6-12-20-28)35(37(39-33)43-3)36-32(26-34(42-2)40-38(36)44-4)46(29-21-13-7-14-22-29)30-23-15-8-16-24-30/h25-30H,5-24H2,1-4H3. The van der Waals surface area contributed by atoms with E-state index in [9.17, 15) is 0 Å². The Bertz CT molecular complexity index is 1130. The Morgan fingerprint density at radius 2 is 0.717 bits per heavy atom. The topological polar surface area (TPSA) is 62.7 Å². The SMILES string of the molecule is COc1cc(P(C2CCCCC2)C2CCCCC2)c(-c2c(P(C3CCCCC3)C3CCCCC3)cc(OC)nc2OC)c(OC)n1. The smallest absolute Gasteiger partial charge is 0.225 e. The Balaban J connectivity index is 1.62. The molecule has 2 aromatic heterocycles. The Morgan fingerprint density at radius 1 is 0.435 bits per heavy atom. The molecule has 0 bridgehead atoms. The Morgan fingerprint density at radius 3 is 0.957 bits per heavy atom. The lowest BCUT2D eigenvalue weighted by atomic mass is 9.99. The van der Waals surface area contributed by atoms with E-state index in [0.29, 0.717) is 23.5 Å². The second kappa shape index (κ2) is 16.6. The van der Waals surface area contributed by atoms with Crippen LogP contribution in [0, 0.1) is 0 Å². The van der Waals surface area contributed by atoms with Crippen LogP contribution in [0.4, 0.5) is 0 Å². The normalized spacial score (nSPS) is 21.1. The van der Waals surface area contributed by atoms with Gasteiger partial charge in [0.05, 0.1) is 39.6 Å². The summed E-state index contributed by atoms with van der Waals surface area (Å²) in [4.78, 5) is 10.0. The van der Waals surface area contributed by atoms with Crippen LogP contribution in [0.25, 0.3) is 11.1 Å². The second-order valence-electron chi connectivity index (χ2n) is 14.1. The zero-order valence-electron chi connectivity index (χ0n) is 29.0. The van der Waals surface area contributed by atoms with E-state index in [2.05, 4.69) is 12.1 Å². The van der Waals surface area contributed by atoms with E-state index >= 15 is 0 Å². The fourth-order valence-corrected chi connectivity index (χ4v) is 17.1. The molecule has 6 rings (SSSR count).